The summed E-state index contributed by atoms with van der Waals surface area (Å²) >= 11 is 0. The number of para-hydroxylation sites is 1. The van der Waals surface area contributed by atoms with Gasteiger partial charge in [-0.2, -0.15) is 0 Å². The van der Waals surface area contributed by atoms with Gasteiger partial charge in [-0.25, -0.2) is 0 Å². The summed E-state index contributed by atoms with van der Waals surface area (Å²) in [6, 6.07) is 16.4. The van der Waals surface area contributed by atoms with Gasteiger partial charge in [-0.05, 0) is 43.7 Å². The van der Waals surface area contributed by atoms with E-state index >= 15 is 0 Å². The molecule has 0 heterocycles. The lowest BCUT2D eigenvalue weighted by Gasteiger charge is -2.21. The predicted octanol–water partition coefficient (Wildman–Crippen LogP) is 3.49. The van der Waals surface area contributed by atoms with Gasteiger partial charge in [-0.3, -0.25) is 9.59 Å². The normalized spacial score (nSPS) is 10.2. The van der Waals surface area contributed by atoms with E-state index in [1.807, 2.05) is 44.2 Å². The van der Waals surface area contributed by atoms with Crippen molar-refractivity contribution in [3.63, 3.8) is 0 Å². The molecule has 0 atom stereocenters. The largest absolute Gasteiger partial charge is 0.352 e. The zero-order valence-corrected chi connectivity index (χ0v) is 13.6. The molecule has 4 heteroatoms. The first-order valence-electron chi connectivity index (χ1n) is 7.92. The highest BCUT2D eigenvalue weighted by Crippen LogP contribution is 2.17. The molecule has 23 heavy (non-hydrogen) atoms. The van der Waals surface area contributed by atoms with Gasteiger partial charge in [0.1, 0.15) is 0 Å². The Hall–Kier alpha value is -2.62. The van der Waals surface area contributed by atoms with Crippen LogP contribution in [0.4, 0.5) is 5.69 Å². The van der Waals surface area contributed by atoms with Crippen LogP contribution in [-0.2, 0) is 0 Å². The van der Waals surface area contributed by atoms with Crippen LogP contribution in [0.15, 0.2) is 54.6 Å². The summed E-state index contributed by atoms with van der Waals surface area (Å²) in [6.45, 7) is 5.12. The number of anilines is 1. The average Bonchev–Trinajstić information content (AvgIpc) is 2.61. The summed E-state index contributed by atoms with van der Waals surface area (Å²) in [4.78, 5) is 26.5. The Bertz CT molecular complexity index is 668. The van der Waals surface area contributed by atoms with Gasteiger partial charge in [-0.1, -0.05) is 31.2 Å². The smallest absolute Gasteiger partial charge is 0.258 e. The molecule has 4 nitrogen and oxygen atoms in total. The first kappa shape index (κ1) is 16.7. The van der Waals surface area contributed by atoms with E-state index < -0.39 is 0 Å². The third kappa shape index (κ3) is 4.19. The van der Waals surface area contributed by atoms with Crippen LogP contribution in [0.25, 0.3) is 0 Å². The Kier molecular flexibility index (Phi) is 5.92. The molecule has 120 valence electrons. The van der Waals surface area contributed by atoms with E-state index in [0.717, 1.165) is 12.1 Å². The first-order chi connectivity index (χ1) is 11.2. The number of nitrogens with zero attached hydrogens (tertiary/aromatic N) is 1. The molecular weight excluding hydrogens is 288 g/mol. The molecule has 1 N–H and O–H groups in total. The minimum absolute atomic E-state index is 0.108. The molecule has 0 fully saturated rings. The first-order valence-corrected chi connectivity index (χ1v) is 7.92. The van der Waals surface area contributed by atoms with E-state index in [2.05, 4.69) is 5.32 Å². The Morgan fingerprint density at radius 2 is 1.65 bits per heavy atom. The lowest BCUT2D eigenvalue weighted by Crippen LogP contribution is -2.31. The lowest BCUT2D eigenvalue weighted by molar-refractivity contribution is 0.0953. The summed E-state index contributed by atoms with van der Waals surface area (Å²) in [6.07, 6.45) is 0.877. The fraction of sp³-hybridized carbons (Fsp3) is 0.263. The van der Waals surface area contributed by atoms with E-state index in [0.29, 0.717) is 24.2 Å². The number of amides is 2. The minimum Gasteiger partial charge on any atom is -0.352 e. The summed E-state index contributed by atoms with van der Waals surface area (Å²) < 4.78 is 0. The van der Waals surface area contributed by atoms with E-state index in [4.69, 9.17) is 0 Å². The zero-order chi connectivity index (χ0) is 16.7. The van der Waals surface area contributed by atoms with Crippen molar-refractivity contribution in [2.45, 2.75) is 20.3 Å². The maximum Gasteiger partial charge on any atom is 0.258 e. The van der Waals surface area contributed by atoms with Crippen LogP contribution in [0.1, 0.15) is 41.0 Å². The van der Waals surface area contributed by atoms with Gasteiger partial charge in [0, 0.05) is 29.9 Å². The molecule has 0 aliphatic rings. The van der Waals surface area contributed by atoms with Crippen molar-refractivity contribution >= 4 is 17.5 Å². The highest BCUT2D eigenvalue weighted by Gasteiger charge is 2.17. The summed E-state index contributed by atoms with van der Waals surface area (Å²) in [5.41, 5.74) is 1.87. The van der Waals surface area contributed by atoms with Crippen LogP contribution >= 0.6 is 0 Å². The Morgan fingerprint density at radius 1 is 0.957 bits per heavy atom. The molecule has 0 unspecified atom stereocenters. The summed E-state index contributed by atoms with van der Waals surface area (Å²) in [5, 5.41) is 2.83. The quantitative estimate of drug-likeness (QED) is 0.888. The fourth-order valence-corrected chi connectivity index (χ4v) is 2.34. The van der Waals surface area contributed by atoms with Crippen LogP contribution in [0.2, 0.25) is 0 Å². The number of hydrogen-bond acceptors (Lipinski definition) is 2. The fourth-order valence-electron chi connectivity index (χ4n) is 2.34. The van der Waals surface area contributed by atoms with Crippen molar-refractivity contribution in [2.75, 3.05) is 18.0 Å². The van der Waals surface area contributed by atoms with Crippen LogP contribution < -0.4 is 10.2 Å². The Morgan fingerprint density at radius 3 is 2.30 bits per heavy atom. The van der Waals surface area contributed by atoms with Gasteiger partial charge in [-0.15, -0.1) is 0 Å². The molecule has 2 amide bonds. The van der Waals surface area contributed by atoms with Crippen molar-refractivity contribution in [1.82, 2.24) is 5.32 Å². The van der Waals surface area contributed by atoms with Crippen molar-refractivity contribution in [3.05, 3.63) is 65.7 Å². The SMILES string of the molecule is CCCNC(=O)c1cccc(C(=O)N(CC)c2ccccc2)c1. The van der Waals surface area contributed by atoms with Gasteiger partial charge in [0.05, 0.1) is 0 Å². The van der Waals surface area contributed by atoms with E-state index in [1.165, 1.54) is 0 Å². The number of nitrogens with one attached hydrogen (secondary N) is 1. The third-order valence-electron chi connectivity index (χ3n) is 3.54. The number of hydrogen-bond donors (Lipinski definition) is 1. The molecule has 0 aliphatic heterocycles. The topological polar surface area (TPSA) is 49.4 Å². The Labute approximate surface area is 137 Å². The van der Waals surface area contributed by atoms with Gasteiger partial charge in [0.15, 0.2) is 0 Å². The Balaban J connectivity index is 2.23. The van der Waals surface area contributed by atoms with Crippen molar-refractivity contribution in [3.8, 4) is 0 Å². The van der Waals surface area contributed by atoms with Gasteiger partial charge >= 0.3 is 0 Å². The van der Waals surface area contributed by atoms with Crippen molar-refractivity contribution in [1.29, 1.82) is 0 Å². The van der Waals surface area contributed by atoms with Crippen LogP contribution in [0, 0.1) is 0 Å². The molecule has 0 spiro atoms. The third-order valence-corrected chi connectivity index (χ3v) is 3.54. The summed E-state index contributed by atoms with van der Waals surface area (Å²) in [7, 11) is 0. The molecule has 2 rings (SSSR count). The van der Waals surface area contributed by atoms with E-state index in [1.54, 1.807) is 29.2 Å². The number of rotatable bonds is 6. The maximum atomic E-state index is 12.8. The minimum atomic E-state index is -0.149. The molecule has 0 saturated heterocycles. The van der Waals surface area contributed by atoms with E-state index in [9.17, 15) is 9.59 Å². The second kappa shape index (κ2) is 8.13. The average molecular weight is 310 g/mol. The van der Waals surface area contributed by atoms with Gasteiger partial charge in [0.25, 0.3) is 11.8 Å². The molecule has 0 saturated carbocycles. The number of benzene rings is 2. The molecule has 0 bridgehead atoms. The van der Waals surface area contributed by atoms with E-state index in [-0.39, 0.29) is 11.8 Å². The van der Waals surface area contributed by atoms with Gasteiger partial charge in [0.2, 0.25) is 0 Å². The van der Waals surface area contributed by atoms with Crippen molar-refractivity contribution < 1.29 is 9.59 Å². The van der Waals surface area contributed by atoms with Crippen LogP contribution in [0.5, 0.6) is 0 Å². The predicted molar refractivity (Wildman–Crippen MR) is 92.9 cm³/mol. The number of carbonyl (C=O) groups is 2. The van der Waals surface area contributed by atoms with Gasteiger partial charge < -0.3 is 10.2 Å². The monoisotopic (exact) mass is 310 g/mol. The second-order valence-corrected chi connectivity index (χ2v) is 5.22. The second-order valence-electron chi connectivity index (χ2n) is 5.22. The van der Waals surface area contributed by atoms with Crippen LogP contribution in [0.3, 0.4) is 0 Å². The lowest BCUT2D eigenvalue weighted by atomic mass is 10.1. The molecule has 2 aromatic carbocycles. The molecule has 0 radical (unpaired) electrons. The summed E-state index contributed by atoms with van der Waals surface area (Å²) in [5.74, 6) is -0.256. The molecular formula is C19H22N2O2. The number of carbonyl (C=O) groups excluding carboxylic acids is 2. The molecule has 0 aromatic heterocycles. The standard InChI is InChI=1S/C19H22N2O2/c1-3-13-20-18(22)15-9-8-10-16(14-15)19(23)21(4-2)17-11-6-5-7-12-17/h5-12,14H,3-4,13H2,1-2H3,(H,20,22). The molecule has 2 aromatic rings. The van der Waals surface area contributed by atoms with Crippen molar-refractivity contribution in [2.24, 2.45) is 0 Å². The maximum absolute atomic E-state index is 12.8. The van der Waals surface area contributed by atoms with Crippen LogP contribution in [-0.4, -0.2) is 24.9 Å². The highest BCUT2D eigenvalue weighted by atomic mass is 16.2. The zero-order valence-electron chi connectivity index (χ0n) is 13.6. The highest BCUT2D eigenvalue weighted by molar-refractivity contribution is 6.07. The molecule has 0 aliphatic carbocycles.